The van der Waals surface area contributed by atoms with Crippen molar-refractivity contribution in [1.29, 1.82) is 0 Å². The van der Waals surface area contributed by atoms with Crippen molar-refractivity contribution >= 4 is 28.6 Å². The van der Waals surface area contributed by atoms with Crippen LogP contribution in [0, 0.1) is 0 Å². The number of alkyl halides is 1. The van der Waals surface area contributed by atoms with Crippen LogP contribution in [0.15, 0.2) is 18.5 Å². The van der Waals surface area contributed by atoms with Crippen molar-refractivity contribution in [3.8, 4) is 0 Å². The van der Waals surface area contributed by atoms with Crippen LogP contribution in [0.4, 0.5) is 0 Å². The van der Waals surface area contributed by atoms with Crippen molar-refractivity contribution < 1.29 is 9.53 Å². The fourth-order valence-electron chi connectivity index (χ4n) is 1.65. The first-order valence-corrected chi connectivity index (χ1v) is 5.36. The summed E-state index contributed by atoms with van der Waals surface area (Å²) in [7, 11) is 1.37. The molecule has 84 valence electrons. The van der Waals surface area contributed by atoms with Gasteiger partial charge in [-0.25, -0.2) is 4.98 Å². The maximum absolute atomic E-state index is 11.2. The topological polar surface area (TPSA) is 55.0 Å². The summed E-state index contributed by atoms with van der Waals surface area (Å²) in [5.74, 6) is 0.0513. The van der Waals surface area contributed by atoms with Crippen molar-refractivity contribution in [2.24, 2.45) is 0 Å². The van der Waals surface area contributed by atoms with Gasteiger partial charge in [-0.1, -0.05) is 6.07 Å². The molecule has 0 fully saturated rings. The minimum absolute atomic E-state index is 0.224. The third-order valence-corrected chi connectivity index (χ3v) is 2.76. The Kier molecular flexibility index (Phi) is 3.10. The van der Waals surface area contributed by atoms with Crippen LogP contribution in [0.1, 0.15) is 11.1 Å². The van der Waals surface area contributed by atoms with Gasteiger partial charge in [0.2, 0.25) is 0 Å². The number of carbonyl (C=O) groups is 1. The predicted molar refractivity (Wildman–Crippen MR) is 61.4 cm³/mol. The Morgan fingerprint density at radius 3 is 3.06 bits per heavy atom. The SMILES string of the molecule is COC(=O)Cc1ccc2[nH]cnc2c1CCl. The van der Waals surface area contributed by atoms with E-state index < -0.39 is 0 Å². The first kappa shape index (κ1) is 11.0. The molecule has 2 rings (SSSR count). The zero-order valence-corrected chi connectivity index (χ0v) is 9.54. The number of aromatic amines is 1. The standard InChI is InChI=1S/C11H11ClN2O2/c1-16-10(15)4-7-2-3-9-11(8(7)5-12)14-6-13-9/h2-3,6H,4-5H2,1H3,(H,13,14). The van der Waals surface area contributed by atoms with Crippen molar-refractivity contribution in [3.05, 3.63) is 29.6 Å². The van der Waals surface area contributed by atoms with Gasteiger partial charge in [0, 0.05) is 5.88 Å². The summed E-state index contributed by atoms with van der Waals surface area (Å²) in [6.45, 7) is 0. The first-order chi connectivity index (χ1) is 7.76. The quantitative estimate of drug-likeness (QED) is 0.658. The number of fused-ring (bicyclic) bond motifs is 1. The van der Waals surface area contributed by atoms with Gasteiger partial charge in [0.05, 0.1) is 30.9 Å². The molecular formula is C11H11ClN2O2. The van der Waals surface area contributed by atoms with Gasteiger partial charge in [-0.05, 0) is 17.2 Å². The van der Waals surface area contributed by atoms with Crippen LogP contribution in [-0.2, 0) is 21.8 Å². The lowest BCUT2D eigenvalue weighted by atomic mass is 10.0. The van der Waals surface area contributed by atoms with E-state index in [0.29, 0.717) is 5.88 Å². The summed E-state index contributed by atoms with van der Waals surface area (Å²) in [6, 6.07) is 3.76. The number of nitrogens with zero attached hydrogens (tertiary/aromatic N) is 1. The van der Waals surface area contributed by atoms with Gasteiger partial charge in [0.25, 0.3) is 0 Å². The van der Waals surface area contributed by atoms with Gasteiger partial charge in [0.15, 0.2) is 0 Å². The summed E-state index contributed by atoms with van der Waals surface area (Å²) in [4.78, 5) is 18.4. The van der Waals surface area contributed by atoms with E-state index in [-0.39, 0.29) is 12.4 Å². The molecule has 0 bridgehead atoms. The van der Waals surface area contributed by atoms with Crippen LogP contribution in [-0.4, -0.2) is 23.0 Å². The predicted octanol–water partition coefficient (Wildman–Crippen LogP) is 2.02. The molecule has 0 aliphatic rings. The molecular weight excluding hydrogens is 228 g/mol. The molecule has 0 aliphatic carbocycles. The van der Waals surface area contributed by atoms with E-state index in [1.807, 2.05) is 12.1 Å². The van der Waals surface area contributed by atoms with E-state index in [4.69, 9.17) is 11.6 Å². The number of benzene rings is 1. The van der Waals surface area contributed by atoms with E-state index in [1.54, 1.807) is 6.33 Å². The fourth-order valence-corrected chi connectivity index (χ4v) is 1.95. The Morgan fingerprint density at radius 2 is 2.38 bits per heavy atom. The summed E-state index contributed by atoms with van der Waals surface area (Å²) in [6.07, 6.45) is 1.84. The van der Waals surface area contributed by atoms with Gasteiger partial charge in [-0.3, -0.25) is 4.79 Å². The number of H-pyrrole nitrogens is 1. The third kappa shape index (κ3) is 1.88. The number of hydrogen-bond acceptors (Lipinski definition) is 3. The van der Waals surface area contributed by atoms with Gasteiger partial charge >= 0.3 is 5.97 Å². The number of ether oxygens (including phenoxy) is 1. The Hall–Kier alpha value is -1.55. The molecule has 4 nitrogen and oxygen atoms in total. The molecule has 0 spiro atoms. The van der Waals surface area contributed by atoms with E-state index in [1.165, 1.54) is 7.11 Å². The summed E-state index contributed by atoms with van der Waals surface area (Å²) >= 11 is 5.89. The van der Waals surface area contributed by atoms with Gasteiger partial charge in [-0.2, -0.15) is 0 Å². The normalized spacial score (nSPS) is 10.6. The molecule has 1 N–H and O–H groups in total. The molecule has 0 aliphatic heterocycles. The van der Waals surface area contributed by atoms with E-state index in [2.05, 4.69) is 14.7 Å². The number of rotatable bonds is 3. The average molecular weight is 239 g/mol. The highest BCUT2D eigenvalue weighted by atomic mass is 35.5. The molecule has 1 aromatic heterocycles. The number of imidazole rings is 1. The Morgan fingerprint density at radius 1 is 1.56 bits per heavy atom. The van der Waals surface area contributed by atoms with Crippen molar-refractivity contribution in [2.75, 3.05) is 7.11 Å². The van der Waals surface area contributed by atoms with Crippen LogP contribution in [0.2, 0.25) is 0 Å². The lowest BCUT2D eigenvalue weighted by Gasteiger charge is -2.06. The molecule has 5 heteroatoms. The van der Waals surface area contributed by atoms with E-state index >= 15 is 0 Å². The van der Waals surface area contributed by atoms with Crippen LogP contribution >= 0.6 is 11.6 Å². The number of esters is 1. The molecule has 0 amide bonds. The maximum atomic E-state index is 11.2. The Balaban J connectivity index is 2.47. The van der Waals surface area contributed by atoms with Crippen molar-refractivity contribution in [1.82, 2.24) is 9.97 Å². The average Bonchev–Trinajstić information content (AvgIpc) is 2.76. The molecule has 16 heavy (non-hydrogen) atoms. The van der Waals surface area contributed by atoms with E-state index in [9.17, 15) is 4.79 Å². The molecule has 0 radical (unpaired) electrons. The number of carbonyl (C=O) groups excluding carboxylic acids is 1. The van der Waals surface area contributed by atoms with E-state index in [0.717, 1.165) is 22.2 Å². The lowest BCUT2D eigenvalue weighted by molar-refractivity contribution is -0.139. The molecule has 2 aromatic rings. The molecule has 0 saturated carbocycles. The minimum atomic E-state index is -0.277. The zero-order valence-electron chi connectivity index (χ0n) is 8.79. The molecule has 0 atom stereocenters. The largest absolute Gasteiger partial charge is 0.469 e. The monoisotopic (exact) mass is 238 g/mol. The van der Waals surface area contributed by atoms with Crippen LogP contribution in [0.25, 0.3) is 11.0 Å². The summed E-state index contributed by atoms with van der Waals surface area (Å²) < 4.78 is 4.64. The Bertz CT molecular complexity index is 522. The smallest absolute Gasteiger partial charge is 0.309 e. The number of hydrogen-bond donors (Lipinski definition) is 1. The first-order valence-electron chi connectivity index (χ1n) is 4.83. The summed E-state index contributed by atoms with van der Waals surface area (Å²) in [5, 5.41) is 0. The number of aromatic nitrogens is 2. The van der Waals surface area contributed by atoms with Gasteiger partial charge in [-0.15, -0.1) is 11.6 Å². The number of halogens is 1. The summed E-state index contributed by atoms with van der Waals surface area (Å²) in [5.41, 5.74) is 3.48. The fraction of sp³-hybridized carbons (Fsp3) is 0.273. The highest BCUT2D eigenvalue weighted by Gasteiger charge is 2.12. The van der Waals surface area contributed by atoms with Gasteiger partial charge in [0.1, 0.15) is 0 Å². The molecule has 0 saturated heterocycles. The maximum Gasteiger partial charge on any atom is 0.309 e. The molecule has 1 aromatic carbocycles. The minimum Gasteiger partial charge on any atom is -0.469 e. The molecule has 1 heterocycles. The second-order valence-corrected chi connectivity index (χ2v) is 3.66. The second-order valence-electron chi connectivity index (χ2n) is 3.39. The number of nitrogens with one attached hydrogen (secondary N) is 1. The highest BCUT2D eigenvalue weighted by Crippen LogP contribution is 2.22. The highest BCUT2D eigenvalue weighted by molar-refractivity contribution is 6.18. The van der Waals surface area contributed by atoms with Crippen molar-refractivity contribution in [2.45, 2.75) is 12.3 Å². The second kappa shape index (κ2) is 4.53. The zero-order chi connectivity index (χ0) is 11.5. The Labute approximate surface area is 97.6 Å². The van der Waals surface area contributed by atoms with Gasteiger partial charge < -0.3 is 9.72 Å². The lowest BCUT2D eigenvalue weighted by Crippen LogP contribution is -2.06. The van der Waals surface area contributed by atoms with Crippen LogP contribution in [0.5, 0.6) is 0 Å². The van der Waals surface area contributed by atoms with Crippen molar-refractivity contribution in [3.63, 3.8) is 0 Å². The van der Waals surface area contributed by atoms with Crippen LogP contribution in [0.3, 0.4) is 0 Å². The number of methoxy groups -OCH3 is 1. The third-order valence-electron chi connectivity index (χ3n) is 2.49. The van der Waals surface area contributed by atoms with Crippen LogP contribution < -0.4 is 0 Å². The molecule has 0 unspecified atom stereocenters.